The second-order valence-corrected chi connectivity index (χ2v) is 7.31. The number of hydrogen-bond acceptors (Lipinski definition) is 3. The maximum Gasteiger partial charge on any atom is 0.312 e. The van der Waals surface area contributed by atoms with E-state index in [2.05, 4.69) is 0 Å². The highest BCUT2D eigenvalue weighted by Crippen LogP contribution is 2.34. The van der Waals surface area contributed by atoms with Crippen LogP contribution in [-0.2, 0) is 16.0 Å². The molecule has 26 heavy (non-hydrogen) atoms. The van der Waals surface area contributed by atoms with Gasteiger partial charge in [0.25, 0.3) is 0 Å². The normalized spacial score (nSPS) is 20.9. The molecule has 2 aromatic carbocycles. The lowest BCUT2D eigenvalue weighted by atomic mass is 9.80. The van der Waals surface area contributed by atoms with E-state index >= 15 is 0 Å². The van der Waals surface area contributed by atoms with E-state index in [4.69, 9.17) is 22.1 Å². The maximum absolute atomic E-state index is 14.0. The number of aliphatic carboxylic acids is 1. The first kappa shape index (κ1) is 18.8. The smallest absolute Gasteiger partial charge is 0.312 e. The van der Waals surface area contributed by atoms with E-state index < -0.39 is 11.4 Å². The third kappa shape index (κ3) is 4.06. The van der Waals surface area contributed by atoms with E-state index in [1.807, 2.05) is 24.3 Å². The van der Waals surface area contributed by atoms with E-state index in [0.29, 0.717) is 36.5 Å². The van der Waals surface area contributed by atoms with Crippen LogP contribution in [-0.4, -0.2) is 30.3 Å². The molecule has 1 aliphatic rings. The van der Waals surface area contributed by atoms with Crippen LogP contribution in [0.15, 0.2) is 42.5 Å². The molecule has 3 rings (SSSR count). The Kier molecular flexibility index (Phi) is 5.61. The van der Waals surface area contributed by atoms with E-state index in [9.17, 15) is 14.3 Å². The Morgan fingerprint density at radius 2 is 2.04 bits per heavy atom. The van der Waals surface area contributed by atoms with Crippen LogP contribution in [0.5, 0.6) is 0 Å². The molecule has 3 N–H and O–H groups in total. The molecule has 0 radical (unpaired) electrons. The summed E-state index contributed by atoms with van der Waals surface area (Å²) in [5.41, 5.74) is 7.47. The molecule has 0 amide bonds. The summed E-state index contributed by atoms with van der Waals surface area (Å²) in [6.45, 7) is 0.669. The van der Waals surface area contributed by atoms with Crippen molar-refractivity contribution in [2.24, 2.45) is 11.1 Å². The number of carboxylic acid groups (broad SMARTS) is 1. The molecule has 2 aromatic rings. The highest BCUT2D eigenvalue weighted by molar-refractivity contribution is 6.30. The van der Waals surface area contributed by atoms with Gasteiger partial charge in [-0.25, -0.2) is 4.39 Å². The van der Waals surface area contributed by atoms with E-state index in [0.717, 1.165) is 11.1 Å². The zero-order valence-electron chi connectivity index (χ0n) is 14.3. The Morgan fingerprint density at radius 1 is 1.31 bits per heavy atom. The first-order valence-corrected chi connectivity index (χ1v) is 8.88. The monoisotopic (exact) mass is 377 g/mol. The number of carbonyl (C=O) groups is 1. The molecule has 0 spiro atoms. The van der Waals surface area contributed by atoms with Gasteiger partial charge in [-0.1, -0.05) is 35.9 Å². The van der Waals surface area contributed by atoms with E-state index in [1.165, 1.54) is 12.1 Å². The van der Waals surface area contributed by atoms with Gasteiger partial charge in [0, 0.05) is 23.2 Å². The Morgan fingerprint density at radius 3 is 2.65 bits per heavy atom. The van der Waals surface area contributed by atoms with Crippen molar-refractivity contribution < 1.29 is 19.0 Å². The number of hydrogen-bond donors (Lipinski definition) is 2. The second kappa shape index (κ2) is 7.74. The van der Waals surface area contributed by atoms with Crippen LogP contribution in [0, 0.1) is 11.2 Å². The molecule has 1 fully saturated rings. The minimum Gasteiger partial charge on any atom is -0.481 e. The number of carboxylic acids is 1. The predicted octanol–water partition coefficient (Wildman–Crippen LogP) is 3.90. The predicted molar refractivity (Wildman–Crippen MR) is 98.6 cm³/mol. The average molecular weight is 378 g/mol. The van der Waals surface area contributed by atoms with Gasteiger partial charge in [-0.2, -0.15) is 0 Å². The minimum absolute atomic E-state index is 0.211. The number of nitrogens with two attached hydrogens (primary N) is 1. The molecule has 0 aromatic heterocycles. The number of ether oxygens (including phenoxy) is 1. The van der Waals surface area contributed by atoms with Crippen molar-refractivity contribution in [2.75, 3.05) is 13.2 Å². The molecule has 1 heterocycles. The summed E-state index contributed by atoms with van der Waals surface area (Å²) < 4.78 is 19.2. The van der Waals surface area contributed by atoms with Crippen LogP contribution in [0.3, 0.4) is 0 Å². The van der Waals surface area contributed by atoms with Gasteiger partial charge < -0.3 is 15.6 Å². The van der Waals surface area contributed by atoms with Crippen molar-refractivity contribution in [3.05, 3.63) is 58.9 Å². The lowest BCUT2D eigenvalue weighted by Gasteiger charge is -2.25. The molecule has 0 saturated carbocycles. The van der Waals surface area contributed by atoms with Gasteiger partial charge in [0.15, 0.2) is 0 Å². The van der Waals surface area contributed by atoms with Crippen molar-refractivity contribution in [1.29, 1.82) is 0 Å². The van der Waals surface area contributed by atoms with Crippen LogP contribution in [0.4, 0.5) is 4.39 Å². The van der Waals surface area contributed by atoms with Crippen molar-refractivity contribution in [3.8, 4) is 11.1 Å². The molecular formula is C20H21ClFNO3. The van der Waals surface area contributed by atoms with Crippen LogP contribution in [0.2, 0.25) is 5.02 Å². The first-order valence-electron chi connectivity index (χ1n) is 8.51. The first-order chi connectivity index (χ1) is 12.4. The zero-order valence-corrected chi connectivity index (χ0v) is 15.0. The topological polar surface area (TPSA) is 72.6 Å². The van der Waals surface area contributed by atoms with Crippen molar-refractivity contribution in [1.82, 2.24) is 0 Å². The van der Waals surface area contributed by atoms with E-state index in [1.54, 1.807) is 6.07 Å². The highest BCUT2D eigenvalue weighted by Gasteiger charge is 2.43. The van der Waals surface area contributed by atoms with Crippen LogP contribution in [0.1, 0.15) is 18.4 Å². The summed E-state index contributed by atoms with van der Waals surface area (Å²) in [6.07, 6.45) is 1.41. The molecule has 138 valence electrons. The maximum atomic E-state index is 14.0. The largest absolute Gasteiger partial charge is 0.481 e. The molecule has 1 aliphatic heterocycles. The molecular weight excluding hydrogens is 357 g/mol. The van der Waals surface area contributed by atoms with Crippen LogP contribution < -0.4 is 5.73 Å². The number of rotatable bonds is 6. The van der Waals surface area contributed by atoms with Crippen LogP contribution >= 0.6 is 11.6 Å². The second-order valence-electron chi connectivity index (χ2n) is 6.88. The summed E-state index contributed by atoms with van der Waals surface area (Å²) in [4.78, 5) is 11.6. The fourth-order valence-corrected chi connectivity index (χ4v) is 3.61. The Bertz CT molecular complexity index is 788. The van der Waals surface area contributed by atoms with Gasteiger partial charge in [0.1, 0.15) is 5.82 Å². The lowest BCUT2D eigenvalue weighted by Crippen LogP contribution is -2.39. The van der Waals surface area contributed by atoms with Gasteiger partial charge in [-0.05, 0) is 48.6 Å². The standard InChI is InChI=1S/C20H21ClFNO3/c21-15-5-6-18(22)17(10-15)14-3-1-13(2-4-14)9-16(23)11-20(19(24)25)7-8-26-12-20/h1-6,10,16H,7-9,11-12,23H2,(H,24,25)/t16-,20?/m0/s1. The molecule has 0 aliphatic carbocycles. The average Bonchev–Trinajstić information content (AvgIpc) is 3.07. The SMILES string of the molecule is N[C@@H](Cc1ccc(-c2cc(Cl)ccc2F)cc1)CC1(C(=O)O)CCOC1. The highest BCUT2D eigenvalue weighted by atomic mass is 35.5. The fraction of sp³-hybridized carbons (Fsp3) is 0.350. The van der Waals surface area contributed by atoms with Gasteiger partial charge in [0.2, 0.25) is 0 Å². The molecule has 1 saturated heterocycles. The van der Waals surface area contributed by atoms with Crippen molar-refractivity contribution >= 4 is 17.6 Å². The van der Waals surface area contributed by atoms with E-state index in [-0.39, 0.29) is 18.5 Å². The Balaban J connectivity index is 1.69. The molecule has 4 nitrogen and oxygen atoms in total. The summed E-state index contributed by atoms with van der Waals surface area (Å²) >= 11 is 5.95. The Hall–Kier alpha value is -1.95. The molecule has 2 atom stereocenters. The quantitative estimate of drug-likeness (QED) is 0.800. The third-order valence-corrected chi connectivity index (χ3v) is 5.14. The molecule has 1 unspecified atom stereocenters. The lowest BCUT2D eigenvalue weighted by molar-refractivity contribution is -0.149. The molecule has 0 bridgehead atoms. The summed E-state index contributed by atoms with van der Waals surface area (Å²) in [5, 5.41) is 9.98. The van der Waals surface area contributed by atoms with Crippen LogP contribution in [0.25, 0.3) is 11.1 Å². The summed E-state index contributed by atoms with van der Waals surface area (Å²) in [6, 6.07) is 11.6. The van der Waals surface area contributed by atoms with Gasteiger partial charge in [-0.3, -0.25) is 4.79 Å². The van der Waals surface area contributed by atoms with Crippen molar-refractivity contribution in [2.45, 2.75) is 25.3 Å². The third-order valence-electron chi connectivity index (χ3n) is 4.90. The van der Waals surface area contributed by atoms with Gasteiger partial charge in [0.05, 0.1) is 12.0 Å². The summed E-state index contributed by atoms with van der Waals surface area (Å²) in [5.74, 6) is -1.18. The van der Waals surface area contributed by atoms with Gasteiger partial charge >= 0.3 is 5.97 Å². The summed E-state index contributed by atoms with van der Waals surface area (Å²) in [7, 11) is 0. The zero-order chi connectivity index (χ0) is 18.7. The number of halogens is 2. The minimum atomic E-state index is -0.886. The Labute approximate surface area is 156 Å². The fourth-order valence-electron chi connectivity index (χ4n) is 3.44. The van der Waals surface area contributed by atoms with Gasteiger partial charge in [-0.15, -0.1) is 0 Å². The number of benzene rings is 2. The molecule has 6 heteroatoms. The van der Waals surface area contributed by atoms with Crippen molar-refractivity contribution in [3.63, 3.8) is 0 Å².